The van der Waals surface area contributed by atoms with Gasteiger partial charge in [0.15, 0.2) is 5.79 Å². The fourth-order valence-corrected chi connectivity index (χ4v) is 3.46. The molecule has 0 radical (unpaired) electrons. The largest absolute Gasteiger partial charge is 0.495 e. The van der Waals surface area contributed by atoms with Crippen molar-refractivity contribution in [1.82, 2.24) is 5.32 Å². The highest BCUT2D eigenvalue weighted by Crippen LogP contribution is 2.37. The van der Waals surface area contributed by atoms with E-state index >= 15 is 0 Å². The molecule has 7 nitrogen and oxygen atoms in total. The zero-order chi connectivity index (χ0) is 18.6. The molecule has 142 valence electrons. The Morgan fingerprint density at radius 3 is 2.73 bits per heavy atom. The molecular weight excluding hydrogens is 336 g/mol. The third-order valence-electron chi connectivity index (χ3n) is 4.83. The van der Waals surface area contributed by atoms with Crippen LogP contribution in [0.25, 0.3) is 0 Å². The van der Waals surface area contributed by atoms with Crippen LogP contribution in [-0.2, 0) is 19.1 Å². The van der Waals surface area contributed by atoms with E-state index in [4.69, 9.17) is 14.2 Å². The third kappa shape index (κ3) is 4.34. The molecular formula is C19H26N2O5. The van der Waals surface area contributed by atoms with Crippen molar-refractivity contribution in [2.75, 3.05) is 25.6 Å². The lowest BCUT2D eigenvalue weighted by molar-refractivity contribution is -0.186. The van der Waals surface area contributed by atoms with Crippen LogP contribution >= 0.6 is 0 Å². The van der Waals surface area contributed by atoms with Gasteiger partial charge in [0.2, 0.25) is 0 Å². The van der Waals surface area contributed by atoms with Gasteiger partial charge in [-0.3, -0.25) is 9.59 Å². The Hall–Kier alpha value is -2.12. The molecule has 1 aromatic rings. The Labute approximate surface area is 153 Å². The van der Waals surface area contributed by atoms with Gasteiger partial charge in [-0.15, -0.1) is 0 Å². The quantitative estimate of drug-likeness (QED) is 0.802. The number of anilines is 1. The van der Waals surface area contributed by atoms with Gasteiger partial charge in [0.25, 0.3) is 0 Å². The summed E-state index contributed by atoms with van der Waals surface area (Å²) in [6.45, 7) is 2.58. The number of rotatable bonds is 4. The lowest BCUT2D eigenvalue weighted by Crippen LogP contribution is -2.41. The molecule has 1 aromatic carbocycles. The number of aryl methyl sites for hydroxylation is 1. The van der Waals surface area contributed by atoms with Gasteiger partial charge < -0.3 is 24.8 Å². The summed E-state index contributed by atoms with van der Waals surface area (Å²) in [5.41, 5.74) is 1.42. The number of nitrogens with one attached hydrogen (secondary N) is 2. The SMILES string of the molecule is COc1ccc(C)cc1NC(=O)C(=O)NC[C@@H]1COC2(CCCCC2)O1. The Morgan fingerprint density at radius 2 is 2.00 bits per heavy atom. The molecule has 1 atom stereocenters. The van der Waals surface area contributed by atoms with E-state index in [1.807, 2.05) is 13.0 Å². The fourth-order valence-electron chi connectivity index (χ4n) is 3.46. The van der Waals surface area contributed by atoms with Crippen molar-refractivity contribution < 1.29 is 23.8 Å². The molecule has 1 spiro atoms. The maximum atomic E-state index is 12.1. The maximum Gasteiger partial charge on any atom is 0.313 e. The van der Waals surface area contributed by atoms with Crippen LogP contribution < -0.4 is 15.4 Å². The molecule has 2 aliphatic rings. The van der Waals surface area contributed by atoms with E-state index in [9.17, 15) is 9.59 Å². The van der Waals surface area contributed by atoms with Crippen molar-refractivity contribution in [3.8, 4) is 5.75 Å². The molecule has 26 heavy (non-hydrogen) atoms. The van der Waals surface area contributed by atoms with Crippen molar-refractivity contribution in [3.63, 3.8) is 0 Å². The highest BCUT2D eigenvalue weighted by Gasteiger charge is 2.42. The molecule has 1 aliphatic carbocycles. The normalized spacial score (nSPS) is 21.4. The van der Waals surface area contributed by atoms with E-state index in [1.165, 1.54) is 13.5 Å². The zero-order valence-electron chi connectivity index (χ0n) is 15.3. The van der Waals surface area contributed by atoms with Gasteiger partial charge in [0.1, 0.15) is 11.9 Å². The number of hydrogen-bond acceptors (Lipinski definition) is 5. The second-order valence-corrected chi connectivity index (χ2v) is 6.89. The highest BCUT2D eigenvalue weighted by molar-refractivity contribution is 6.39. The van der Waals surface area contributed by atoms with E-state index in [0.29, 0.717) is 18.0 Å². The molecule has 1 aliphatic heterocycles. The lowest BCUT2D eigenvalue weighted by atomic mass is 9.94. The minimum absolute atomic E-state index is 0.224. The molecule has 1 saturated carbocycles. The molecule has 7 heteroatoms. The molecule has 0 unspecified atom stereocenters. The second kappa shape index (κ2) is 8.05. The van der Waals surface area contributed by atoms with Crippen LogP contribution in [0.3, 0.4) is 0 Å². The highest BCUT2D eigenvalue weighted by atomic mass is 16.7. The summed E-state index contributed by atoms with van der Waals surface area (Å²) in [7, 11) is 1.51. The van der Waals surface area contributed by atoms with Crippen molar-refractivity contribution in [3.05, 3.63) is 23.8 Å². The predicted molar refractivity (Wildman–Crippen MR) is 96.0 cm³/mol. The van der Waals surface area contributed by atoms with Gasteiger partial charge in [0.05, 0.1) is 19.4 Å². The summed E-state index contributed by atoms with van der Waals surface area (Å²) in [4.78, 5) is 24.2. The van der Waals surface area contributed by atoms with Gasteiger partial charge in [-0.25, -0.2) is 0 Å². The second-order valence-electron chi connectivity index (χ2n) is 6.89. The summed E-state index contributed by atoms with van der Waals surface area (Å²) in [5.74, 6) is -1.42. The molecule has 2 fully saturated rings. The maximum absolute atomic E-state index is 12.1. The molecule has 1 saturated heterocycles. The van der Waals surface area contributed by atoms with E-state index in [0.717, 1.165) is 31.2 Å². The molecule has 2 amide bonds. The number of hydrogen-bond donors (Lipinski definition) is 2. The van der Waals surface area contributed by atoms with Crippen LogP contribution in [0, 0.1) is 6.92 Å². The first-order valence-corrected chi connectivity index (χ1v) is 9.07. The monoisotopic (exact) mass is 362 g/mol. The Balaban J connectivity index is 1.49. The fraction of sp³-hybridized carbons (Fsp3) is 0.579. The van der Waals surface area contributed by atoms with Crippen molar-refractivity contribution in [2.24, 2.45) is 0 Å². The van der Waals surface area contributed by atoms with Gasteiger partial charge >= 0.3 is 11.8 Å². The lowest BCUT2D eigenvalue weighted by Gasteiger charge is -2.31. The molecule has 3 rings (SSSR count). The van der Waals surface area contributed by atoms with Crippen molar-refractivity contribution >= 4 is 17.5 Å². The number of ether oxygens (including phenoxy) is 3. The number of carbonyl (C=O) groups excluding carboxylic acids is 2. The number of methoxy groups -OCH3 is 1. The average molecular weight is 362 g/mol. The third-order valence-corrected chi connectivity index (χ3v) is 4.83. The topological polar surface area (TPSA) is 85.9 Å². The minimum atomic E-state index is -0.736. The average Bonchev–Trinajstić information content (AvgIpc) is 3.02. The summed E-state index contributed by atoms with van der Waals surface area (Å²) < 4.78 is 17.0. The van der Waals surface area contributed by atoms with Gasteiger partial charge in [0, 0.05) is 19.4 Å². The zero-order valence-corrected chi connectivity index (χ0v) is 15.3. The first kappa shape index (κ1) is 18.7. The first-order chi connectivity index (χ1) is 12.5. The van der Waals surface area contributed by atoms with Crippen LogP contribution in [0.15, 0.2) is 18.2 Å². The Kier molecular flexibility index (Phi) is 5.78. The summed E-state index contributed by atoms with van der Waals surface area (Å²) in [5, 5.41) is 5.21. The van der Waals surface area contributed by atoms with Gasteiger partial charge in [-0.2, -0.15) is 0 Å². The smallest absolute Gasteiger partial charge is 0.313 e. The van der Waals surface area contributed by atoms with E-state index in [2.05, 4.69) is 10.6 Å². The summed E-state index contributed by atoms with van der Waals surface area (Å²) >= 11 is 0. The summed E-state index contributed by atoms with van der Waals surface area (Å²) in [6.07, 6.45) is 4.97. The number of benzene rings is 1. The van der Waals surface area contributed by atoms with Crippen LogP contribution in [0.4, 0.5) is 5.69 Å². The van der Waals surface area contributed by atoms with Crippen LogP contribution in [0.5, 0.6) is 5.75 Å². The van der Waals surface area contributed by atoms with E-state index < -0.39 is 17.6 Å². The van der Waals surface area contributed by atoms with Crippen LogP contribution in [-0.4, -0.2) is 44.0 Å². The minimum Gasteiger partial charge on any atom is -0.495 e. The van der Waals surface area contributed by atoms with Crippen molar-refractivity contribution in [1.29, 1.82) is 0 Å². The van der Waals surface area contributed by atoms with Gasteiger partial charge in [-0.1, -0.05) is 12.5 Å². The molecule has 0 aromatic heterocycles. The van der Waals surface area contributed by atoms with E-state index in [-0.39, 0.29) is 12.6 Å². The molecule has 1 heterocycles. The van der Waals surface area contributed by atoms with Crippen molar-refractivity contribution in [2.45, 2.75) is 50.9 Å². The van der Waals surface area contributed by atoms with Gasteiger partial charge in [-0.05, 0) is 37.5 Å². The van der Waals surface area contributed by atoms with Crippen LogP contribution in [0.1, 0.15) is 37.7 Å². The standard InChI is InChI=1S/C19H26N2O5/c1-13-6-7-16(24-2)15(10-13)21-18(23)17(22)20-11-14-12-25-19(26-14)8-4-3-5-9-19/h6-7,10,14H,3-5,8-9,11-12H2,1-2H3,(H,20,22)(H,21,23)/t14-/m1/s1. The Morgan fingerprint density at radius 1 is 1.23 bits per heavy atom. The first-order valence-electron chi connectivity index (χ1n) is 9.07. The molecule has 2 N–H and O–H groups in total. The molecule has 0 bridgehead atoms. The number of carbonyl (C=O) groups is 2. The summed E-state index contributed by atoms with van der Waals surface area (Å²) in [6, 6.07) is 5.37. The van der Waals surface area contributed by atoms with Crippen LogP contribution in [0.2, 0.25) is 0 Å². The predicted octanol–water partition coefficient (Wildman–Crippen LogP) is 2.13. The van der Waals surface area contributed by atoms with E-state index in [1.54, 1.807) is 12.1 Å². The number of amides is 2. The Bertz CT molecular complexity index is 670.